The maximum absolute atomic E-state index is 13.1. The zero-order valence-corrected chi connectivity index (χ0v) is 11.9. The largest absolute Gasteiger partial charge is 0.388 e. The van der Waals surface area contributed by atoms with Crippen LogP contribution in [0.5, 0.6) is 0 Å². The average Bonchev–Trinajstić information content (AvgIpc) is 2.42. The van der Waals surface area contributed by atoms with Crippen molar-refractivity contribution >= 4 is 28.9 Å². The summed E-state index contributed by atoms with van der Waals surface area (Å²) < 4.78 is 13.1. The summed E-state index contributed by atoms with van der Waals surface area (Å²) in [4.78, 5) is 12.2. The lowest BCUT2D eigenvalue weighted by Gasteiger charge is -2.10. The van der Waals surface area contributed by atoms with Crippen molar-refractivity contribution in [2.45, 2.75) is 6.92 Å². The van der Waals surface area contributed by atoms with E-state index in [0.29, 0.717) is 11.3 Å². The van der Waals surface area contributed by atoms with Crippen LogP contribution in [0.3, 0.4) is 0 Å². The van der Waals surface area contributed by atoms with Crippen molar-refractivity contribution in [3.63, 3.8) is 0 Å². The average molecular weight is 293 g/mol. The van der Waals surface area contributed by atoms with Gasteiger partial charge in [0.2, 0.25) is 0 Å². The smallest absolute Gasteiger partial charge is 0.255 e. The molecule has 2 aromatic rings. The molecule has 1 amide bonds. The van der Waals surface area contributed by atoms with Gasteiger partial charge < -0.3 is 10.6 Å². The third kappa shape index (κ3) is 3.08. The molecule has 0 aliphatic carbocycles. The van der Waals surface area contributed by atoms with E-state index in [2.05, 4.69) is 10.6 Å². The molecule has 3 nitrogen and oxygen atoms in total. The topological polar surface area (TPSA) is 41.1 Å². The summed E-state index contributed by atoms with van der Waals surface area (Å²) in [7, 11) is 1.81. The molecule has 0 aliphatic rings. The summed E-state index contributed by atoms with van der Waals surface area (Å²) in [6.07, 6.45) is 0. The number of benzene rings is 2. The summed E-state index contributed by atoms with van der Waals surface area (Å²) >= 11 is 5.68. The summed E-state index contributed by atoms with van der Waals surface area (Å²) in [5, 5.41) is 5.68. The molecule has 0 heterocycles. The van der Waals surface area contributed by atoms with Gasteiger partial charge in [-0.15, -0.1) is 0 Å². The third-order valence-corrected chi connectivity index (χ3v) is 3.23. The van der Waals surface area contributed by atoms with Crippen LogP contribution in [0.4, 0.5) is 15.8 Å². The molecule has 2 aromatic carbocycles. The molecule has 0 aromatic heterocycles. The Kier molecular flexibility index (Phi) is 4.25. The van der Waals surface area contributed by atoms with Gasteiger partial charge in [0.25, 0.3) is 5.91 Å². The van der Waals surface area contributed by atoms with Crippen LogP contribution < -0.4 is 10.6 Å². The molecular formula is C15H14ClFN2O. The maximum atomic E-state index is 13.1. The van der Waals surface area contributed by atoms with Gasteiger partial charge in [0.15, 0.2) is 0 Å². The Morgan fingerprint density at radius 2 is 1.85 bits per heavy atom. The van der Waals surface area contributed by atoms with Crippen LogP contribution in [0, 0.1) is 12.7 Å². The summed E-state index contributed by atoms with van der Waals surface area (Å²) in [5.41, 5.74) is 2.80. The highest BCUT2D eigenvalue weighted by Gasteiger charge is 2.10. The zero-order chi connectivity index (χ0) is 14.7. The molecule has 104 valence electrons. The minimum atomic E-state index is -0.515. The summed E-state index contributed by atoms with van der Waals surface area (Å²) in [6.45, 7) is 1.85. The highest BCUT2D eigenvalue weighted by molar-refractivity contribution is 6.31. The Morgan fingerprint density at radius 3 is 2.45 bits per heavy atom. The molecule has 0 saturated carbocycles. The molecule has 20 heavy (non-hydrogen) atoms. The summed E-state index contributed by atoms with van der Waals surface area (Å²) in [6, 6.07) is 9.51. The molecular weight excluding hydrogens is 279 g/mol. The number of hydrogen-bond donors (Lipinski definition) is 2. The molecule has 0 atom stereocenters. The number of anilines is 2. The molecule has 0 unspecified atom stereocenters. The third-order valence-electron chi connectivity index (χ3n) is 2.94. The minimum Gasteiger partial charge on any atom is -0.388 e. The van der Waals surface area contributed by atoms with E-state index in [4.69, 9.17) is 11.6 Å². The first-order chi connectivity index (χ1) is 9.51. The van der Waals surface area contributed by atoms with Crippen molar-refractivity contribution in [2.24, 2.45) is 0 Å². The Bertz CT molecular complexity index is 658. The molecule has 2 rings (SSSR count). The second kappa shape index (κ2) is 5.92. The molecule has 2 N–H and O–H groups in total. The number of hydrogen-bond acceptors (Lipinski definition) is 2. The van der Waals surface area contributed by atoms with Gasteiger partial charge in [-0.05, 0) is 48.9 Å². The lowest BCUT2D eigenvalue weighted by Crippen LogP contribution is -2.13. The Morgan fingerprint density at radius 1 is 1.15 bits per heavy atom. The van der Waals surface area contributed by atoms with Gasteiger partial charge in [-0.1, -0.05) is 11.6 Å². The fourth-order valence-electron chi connectivity index (χ4n) is 1.85. The molecule has 0 bridgehead atoms. The fraction of sp³-hybridized carbons (Fsp3) is 0.133. The lowest BCUT2D eigenvalue weighted by atomic mass is 10.1. The van der Waals surface area contributed by atoms with Crippen molar-refractivity contribution in [2.75, 3.05) is 17.7 Å². The second-order valence-corrected chi connectivity index (χ2v) is 4.77. The normalized spacial score (nSPS) is 10.2. The standard InChI is InChI=1S/C15H14ClFN2O/c1-9-7-10(18-2)3-5-12(9)15(20)19-11-4-6-14(17)13(16)8-11/h3-8,18H,1-2H3,(H,19,20). The number of nitrogens with one attached hydrogen (secondary N) is 2. The summed E-state index contributed by atoms with van der Waals surface area (Å²) in [5.74, 6) is -0.771. The Hall–Kier alpha value is -2.07. The predicted octanol–water partition coefficient (Wildman–Crippen LogP) is 4.08. The monoisotopic (exact) mass is 292 g/mol. The minimum absolute atomic E-state index is 0.0231. The van der Waals surface area contributed by atoms with Crippen LogP contribution in [0.25, 0.3) is 0 Å². The number of carbonyl (C=O) groups excluding carboxylic acids is 1. The first-order valence-electron chi connectivity index (χ1n) is 6.06. The maximum Gasteiger partial charge on any atom is 0.255 e. The predicted molar refractivity (Wildman–Crippen MR) is 80.1 cm³/mol. The molecule has 0 spiro atoms. The van der Waals surface area contributed by atoms with Crippen molar-refractivity contribution in [1.82, 2.24) is 0 Å². The van der Waals surface area contributed by atoms with E-state index in [1.54, 1.807) is 6.07 Å². The van der Waals surface area contributed by atoms with Crippen LogP contribution in [0.2, 0.25) is 5.02 Å². The molecule has 0 radical (unpaired) electrons. The molecule has 0 aliphatic heterocycles. The van der Waals surface area contributed by atoms with Crippen LogP contribution in [0.1, 0.15) is 15.9 Å². The van der Waals surface area contributed by atoms with Crippen LogP contribution in [-0.4, -0.2) is 13.0 Å². The number of halogens is 2. The molecule has 5 heteroatoms. The Balaban J connectivity index is 2.21. The number of aryl methyl sites for hydroxylation is 1. The van der Waals surface area contributed by atoms with E-state index >= 15 is 0 Å². The SMILES string of the molecule is CNc1ccc(C(=O)Nc2ccc(F)c(Cl)c2)c(C)c1. The van der Waals surface area contributed by atoms with Gasteiger partial charge in [-0.2, -0.15) is 0 Å². The zero-order valence-electron chi connectivity index (χ0n) is 11.1. The fourth-order valence-corrected chi connectivity index (χ4v) is 2.03. The van der Waals surface area contributed by atoms with E-state index < -0.39 is 5.82 Å². The van der Waals surface area contributed by atoms with Crippen molar-refractivity contribution < 1.29 is 9.18 Å². The van der Waals surface area contributed by atoms with E-state index in [-0.39, 0.29) is 10.9 Å². The van der Waals surface area contributed by atoms with Crippen LogP contribution in [-0.2, 0) is 0 Å². The first-order valence-corrected chi connectivity index (χ1v) is 6.44. The van der Waals surface area contributed by atoms with Crippen molar-refractivity contribution in [1.29, 1.82) is 0 Å². The van der Waals surface area contributed by atoms with Gasteiger partial charge in [0, 0.05) is 24.0 Å². The van der Waals surface area contributed by atoms with Crippen molar-refractivity contribution in [3.8, 4) is 0 Å². The number of rotatable bonds is 3. The van der Waals surface area contributed by atoms with E-state index in [1.165, 1.54) is 18.2 Å². The van der Waals surface area contributed by atoms with Gasteiger partial charge in [-0.3, -0.25) is 4.79 Å². The van der Waals surface area contributed by atoms with Gasteiger partial charge in [-0.25, -0.2) is 4.39 Å². The molecule has 0 fully saturated rings. The highest BCUT2D eigenvalue weighted by Crippen LogP contribution is 2.21. The number of amides is 1. The number of carbonyl (C=O) groups is 1. The van der Waals surface area contributed by atoms with Crippen molar-refractivity contribution in [3.05, 3.63) is 58.4 Å². The van der Waals surface area contributed by atoms with E-state index in [1.807, 2.05) is 26.1 Å². The van der Waals surface area contributed by atoms with Gasteiger partial charge >= 0.3 is 0 Å². The van der Waals surface area contributed by atoms with Gasteiger partial charge in [0.1, 0.15) is 5.82 Å². The second-order valence-electron chi connectivity index (χ2n) is 4.36. The van der Waals surface area contributed by atoms with Crippen LogP contribution >= 0.6 is 11.6 Å². The first kappa shape index (κ1) is 14.3. The van der Waals surface area contributed by atoms with Crippen LogP contribution in [0.15, 0.2) is 36.4 Å². The van der Waals surface area contributed by atoms with Gasteiger partial charge in [0.05, 0.1) is 5.02 Å². The van der Waals surface area contributed by atoms with E-state index in [9.17, 15) is 9.18 Å². The highest BCUT2D eigenvalue weighted by atomic mass is 35.5. The molecule has 0 saturated heterocycles. The quantitative estimate of drug-likeness (QED) is 0.895. The van der Waals surface area contributed by atoms with E-state index in [0.717, 1.165) is 11.3 Å². The Labute approximate surface area is 121 Å². The lowest BCUT2D eigenvalue weighted by molar-refractivity contribution is 0.102.